The van der Waals surface area contributed by atoms with Gasteiger partial charge < -0.3 is 14.6 Å². The number of anilines is 1. The summed E-state index contributed by atoms with van der Waals surface area (Å²) in [4.78, 5) is 19.5. The molecule has 0 aliphatic carbocycles. The van der Waals surface area contributed by atoms with Crippen LogP contribution in [0.4, 0.5) is 5.69 Å². The number of rotatable bonds is 6. The summed E-state index contributed by atoms with van der Waals surface area (Å²) in [5.41, 5.74) is 3.22. The minimum absolute atomic E-state index is 0.256. The number of benzene rings is 2. The fourth-order valence-corrected chi connectivity index (χ4v) is 3.55. The lowest BCUT2D eigenvalue weighted by atomic mass is 10.1. The van der Waals surface area contributed by atoms with E-state index in [0.717, 1.165) is 24.2 Å². The summed E-state index contributed by atoms with van der Waals surface area (Å²) in [5, 5.41) is 2.92. The quantitative estimate of drug-likeness (QED) is 0.687. The first-order chi connectivity index (χ1) is 13.7. The van der Waals surface area contributed by atoms with E-state index in [0.29, 0.717) is 17.3 Å². The van der Waals surface area contributed by atoms with Crippen LogP contribution in [0.5, 0.6) is 0 Å². The average molecular weight is 375 g/mol. The molecule has 1 amide bonds. The number of hydrogen-bond donors (Lipinski definition) is 1. The Labute approximate surface area is 165 Å². The monoisotopic (exact) mass is 375 g/mol. The minimum atomic E-state index is -0.256. The van der Waals surface area contributed by atoms with E-state index in [1.54, 1.807) is 6.92 Å². The Hall–Kier alpha value is -2.92. The first-order valence-corrected chi connectivity index (χ1v) is 9.84. The van der Waals surface area contributed by atoms with Gasteiger partial charge in [-0.2, -0.15) is 0 Å². The zero-order valence-electron chi connectivity index (χ0n) is 16.1. The maximum atomic E-state index is 12.6. The first-order valence-electron chi connectivity index (χ1n) is 9.84. The summed E-state index contributed by atoms with van der Waals surface area (Å²) in [7, 11) is 0. The molecule has 144 valence electrons. The molecular weight excluding hydrogens is 350 g/mol. The van der Waals surface area contributed by atoms with E-state index in [2.05, 4.69) is 27.3 Å². The molecule has 0 radical (unpaired) electrons. The van der Waals surface area contributed by atoms with Crippen LogP contribution in [0.15, 0.2) is 59.0 Å². The van der Waals surface area contributed by atoms with Crippen LogP contribution in [0, 0.1) is 6.92 Å². The molecule has 0 unspecified atom stereocenters. The first kappa shape index (κ1) is 18.4. The molecule has 1 aromatic heterocycles. The van der Waals surface area contributed by atoms with Gasteiger partial charge in [0.2, 0.25) is 5.89 Å². The number of amides is 1. The topological polar surface area (TPSA) is 58.4 Å². The van der Waals surface area contributed by atoms with Crippen molar-refractivity contribution in [2.24, 2.45) is 0 Å². The molecule has 28 heavy (non-hydrogen) atoms. The molecule has 1 fully saturated rings. The summed E-state index contributed by atoms with van der Waals surface area (Å²) < 4.78 is 5.68. The van der Waals surface area contributed by atoms with Gasteiger partial charge in [0, 0.05) is 17.8 Å². The Morgan fingerprint density at radius 2 is 1.79 bits per heavy atom. The third kappa shape index (κ3) is 4.31. The number of aryl methyl sites for hydroxylation is 1. The van der Waals surface area contributed by atoms with E-state index in [1.807, 2.05) is 42.5 Å². The molecule has 3 aromatic rings. The van der Waals surface area contributed by atoms with Crippen molar-refractivity contribution >= 4 is 11.6 Å². The number of carbonyl (C=O) groups is 1. The number of hydrogen-bond acceptors (Lipinski definition) is 4. The normalized spacial score (nSPS) is 14.3. The van der Waals surface area contributed by atoms with E-state index >= 15 is 0 Å². The standard InChI is InChI=1S/C23H25N3O2/c1-17-21(25-23(28-17)19-7-3-2-4-8-19)22(27)24-20-11-9-18(10-12-20)13-16-26-14-5-6-15-26/h2-4,7-12H,5-6,13-16H2,1H3,(H,24,27). The number of oxazole rings is 1. The number of aromatic nitrogens is 1. The second-order valence-electron chi connectivity index (χ2n) is 7.24. The van der Waals surface area contributed by atoms with Crippen molar-refractivity contribution in [1.29, 1.82) is 0 Å². The maximum absolute atomic E-state index is 12.6. The molecule has 4 rings (SSSR count). The molecule has 1 N–H and O–H groups in total. The molecule has 0 atom stereocenters. The van der Waals surface area contributed by atoms with Crippen LogP contribution in [0.25, 0.3) is 11.5 Å². The van der Waals surface area contributed by atoms with Crippen molar-refractivity contribution in [1.82, 2.24) is 9.88 Å². The Balaban J connectivity index is 1.39. The molecular formula is C23H25N3O2. The Bertz CT molecular complexity index is 926. The molecule has 2 heterocycles. The lowest BCUT2D eigenvalue weighted by Crippen LogP contribution is -2.21. The van der Waals surface area contributed by atoms with E-state index in [4.69, 9.17) is 4.42 Å². The van der Waals surface area contributed by atoms with Gasteiger partial charge in [-0.25, -0.2) is 4.98 Å². The molecule has 0 spiro atoms. The average Bonchev–Trinajstić information content (AvgIpc) is 3.38. The van der Waals surface area contributed by atoms with Crippen molar-refractivity contribution in [2.45, 2.75) is 26.2 Å². The smallest absolute Gasteiger partial charge is 0.277 e. The van der Waals surface area contributed by atoms with Crippen molar-refractivity contribution < 1.29 is 9.21 Å². The van der Waals surface area contributed by atoms with Crippen LogP contribution in [-0.4, -0.2) is 35.4 Å². The lowest BCUT2D eigenvalue weighted by Gasteiger charge is -2.14. The predicted octanol–water partition coefficient (Wildman–Crippen LogP) is 4.54. The minimum Gasteiger partial charge on any atom is -0.441 e. The molecule has 0 bridgehead atoms. The van der Waals surface area contributed by atoms with Crippen LogP contribution in [0.2, 0.25) is 0 Å². The summed E-state index contributed by atoms with van der Waals surface area (Å²) >= 11 is 0. The van der Waals surface area contributed by atoms with E-state index < -0.39 is 0 Å². The Morgan fingerprint density at radius 1 is 1.07 bits per heavy atom. The fraction of sp³-hybridized carbons (Fsp3) is 0.304. The molecule has 2 aromatic carbocycles. The summed E-state index contributed by atoms with van der Waals surface area (Å²) in [6.07, 6.45) is 3.67. The molecule has 1 saturated heterocycles. The number of likely N-dealkylation sites (tertiary alicyclic amines) is 1. The van der Waals surface area contributed by atoms with Gasteiger partial charge in [0.05, 0.1) is 0 Å². The summed E-state index contributed by atoms with van der Waals surface area (Å²) in [6.45, 7) is 5.30. The number of nitrogens with one attached hydrogen (secondary N) is 1. The number of carbonyl (C=O) groups excluding carboxylic acids is 1. The highest BCUT2D eigenvalue weighted by Crippen LogP contribution is 2.22. The van der Waals surface area contributed by atoms with Crippen LogP contribution in [0.1, 0.15) is 34.7 Å². The van der Waals surface area contributed by atoms with Crippen LogP contribution < -0.4 is 5.32 Å². The zero-order chi connectivity index (χ0) is 19.3. The largest absolute Gasteiger partial charge is 0.441 e. The molecule has 1 aliphatic heterocycles. The van der Waals surface area contributed by atoms with Crippen LogP contribution in [0.3, 0.4) is 0 Å². The Kier molecular flexibility index (Phi) is 5.53. The highest BCUT2D eigenvalue weighted by atomic mass is 16.4. The maximum Gasteiger partial charge on any atom is 0.277 e. The van der Waals surface area contributed by atoms with E-state index in [9.17, 15) is 4.79 Å². The molecule has 5 nitrogen and oxygen atoms in total. The second kappa shape index (κ2) is 8.40. The SMILES string of the molecule is Cc1oc(-c2ccccc2)nc1C(=O)Nc1ccc(CCN2CCCC2)cc1. The van der Waals surface area contributed by atoms with Gasteiger partial charge in [0.1, 0.15) is 5.76 Å². The van der Waals surface area contributed by atoms with Gasteiger partial charge in [-0.3, -0.25) is 4.79 Å². The Morgan fingerprint density at radius 3 is 2.50 bits per heavy atom. The van der Waals surface area contributed by atoms with Crippen molar-refractivity contribution in [2.75, 3.05) is 25.0 Å². The molecule has 1 aliphatic rings. The van der Waals surface area contributed by atoms with Crippen molar-refractivity contribution in [3.8, 4) is 11.5 Å². The van der Waals surface area contributed by atoms with Crippen molar-refractivity contribution in [3.05, 3.63) is 71.6 Å². The van der Waals surface area contributed by atoms with E-state index in [-0.39, 0.29) is 5.91 Å². The van der Waals surface area contributed by atoms with Crippen molar-refractivity contribution in [3.63, 3.8) is 0 Å². The highest BCUT2D eigenvalue weighted by molar-refractivity contribution is 6.03. The van der Waals surface area contributed by atoms with Gasteiger partial charge in [-0.05, 0) is 69.1 Å². The molecule has 5 heteroatoms. The molecule has 0 saturated carbocycles. The van der Waals surface area contributed by atoms with Gasteiger partial charge in [-0.1, -0.05) is 30.3 Å². The van der Waals surface area contributed by atoms with Gasteiger partial charge in [0.15, 0.2) is 5.69 Å². The van der Waals surface area contributed by atoms with Gasteiger partial charge in [-0.15, -0.1) is 0 Å². The van der Waals surface area contributed by atoms with Crippen LogP contribution in [-0.2, 0) is 6.42 Å². The summed E-state index contributed by atoms with van der Waals surface area (Å²) in [6, 6.07) is 17.6. The lowest BCUT2D eigenvalue weighted by molar-refractivity contribution is 0.102. The number of nitrogens with zero attached hydrogens (tertiary/aromatic N) is 2. The third-order valence-corrected chi connectivity index (χ3v) is 5.16. The highest BCUT2D eigenvalue weighted by Gasteiger charge is 2.18. The second-order valence-corrected chi connectivity index (χ2v) is 7.24. The van der Waals surface area contributed by atoms with Crippen LogP contribution >= 0.6 is 0 Å². The predicted molar refractivity (Wildman–Crippen MR) is 110 cm³/mol. The zero-order valence-corrected chi connectivity index (χ0v) is 16.1. The van der Waals surface area contributed by atoms with Gasteiger partial charge >= 0.3 is 0 Å². The summed E-state index contributed by atoms with van der Waals surface area (Å²) in [5.74, 6) is 0.715. The fourth-order valence-electron chi connectivity index (χ4n) is 3.55. The van der Waals surface area contributed by atoms with Gasteiger partial charge in [0.25, 0.3) is 5.91 Å². The third-order valence-electron chi connectivity index (χ3n) is 5.16. The van der Waals surface area contributed by atoms with E-state index in [1.165, 1.54) is 31.5 Å².